The van der Waals surface area contributed by atoms with Crippen molar-refractivity contribution in [2.24, 2.45) is 5.92 Å². The summed E-state index contributed by atoms with van der Waals surface area (Å²) in [4.78, 5) is 2.65. The Kier molecular flexibility index (Phi) is 6.06. The lowest BCUT2D eigenvalue weighted by molar-refractivity contribution is 0.161. The van der Waals surface area contributed by atoms with Crippen LogP contribution in [0.5, 0.6) is 0 Å². The van der Waals surface area contributed by atoms with Gasteiger partial charge in [0.15, 0.2) is 0 Å². The maximum Gasteiger partial charge on any atom is 0.0234 e. The number of nitrogens with one attached hydrogen (secondary N) is 2. The third-order valence-electron chi connectivity index (χ3n) is 6.64. The number of benzene rings is 1. The van der Waals surface area contributed by atoms with Crippen LogP contribution in [0.2, 0.25) is 0 Å². The molecule has 138 valence electrons. The van der Waals surface area contributed by atoms with Gasteiger partial charge in [0.25, 0.3) is 0 Å². The number of hydrogen-bond donors (Lipinski definition) is 2. The van der Waals surface area contributed by atoms with Crippen molar-refractivity contribution >= 4 is 0 Å². The second kappa shape index (κ2) is 8.66. The molecule has 3 nitrogen and oxygen atoms in total. The summed E-state index contributed by atoms with van der Waals surface area (Å²) in [5.41, 5.74) is 1.45. The van der Waals surface area contributed by atoms with Gasteiger partial charge >= 0.3 is 0 Å². The van der Waals surface area contributed by atoms with Crippen LogP contribution in [0, 0.1) is 5.92 Å². The molecule has 0 amide bonds. The van der Waals surface area contributed by atoms with Crippen molar-refractivity contribution < 1.29 is 0 Å². The first kappa shape index (κ1) is 17.5. The van der Waals surface area contributed by atoms with Crippen molar-refractivity contribution in [3.05, 3.63) is 35.9 Å². The zero-order chi connectivity index (χ0) is 16.9. The highest BCUT2D eigenvalue weighted by atomic mass is 15.2. The number of piperidine rings is 2. The van der Waals surface area contributed by atoms with Crippen LogP contribution in [0.25, 0.3) is 0 Å². The van der Waals surface area contributed by atoms with E-state index in [1.165, 1.54) is 76.6 Å². The van der Waals surface area contributed by atoms with Crippen molar-refractivity contribution in [2.75, 3.05) is 19.6 Å². The molecule has 2 aliphatic heterocycles. The lowest BCUT2D eigenvalue weighted by Crippen LogP contribution is -2.53. The van der Waals surface area contributed by atoms with Gasteiger partial charge in [-0.15, -0.1) is 0 Å². The molecular weight excluding hydrogens is 306 g/mol. The molecule has 2 saturated heterocycles. The van der Waals surface area contributed by atoms with Crippen LogP contribution in [0.1, 0.15) is 56.9 Å². The fourth-order valence-corrected chi connectivity index (χ4v) is 5.40. The van der Waals surface area contributed by atoms with Crippen LogP contribution in [-0.2, 0) is 6.54 Å². The van der Waals surface area contributed by atoms with Gasteiger partial charge in [-0.2, -0.15) is 0 Å². The standard InChI is InChI=1S/C22H35N3/c1-2-8-18(9-3-1)16-25-15-7-10-19(17-25)24-22-13-6-11-20(22)21-12-4-5-14-23-21/h1-3,8-9,19-24H,4-7,10-17H2. The quantitative estimate of drug-likeness (QED) is 0.858. The zero-order valence-corrected chi connectivity index (χ0v) is 15.6. The normalized spacial score (nSPS) is 34.2. The van der Waals surface area contributed by atoms with E-state index in [0.717, 1.165) is 24.5 Å². The predicted molar refractivity (Wildman–Crippen MR) is 105 cm³/mol. The molecule has 0 radical (unpaired) electrons. The van der Waals surface area contributed by atoms with Gasteiger partial charge in [0.05, 0.1) is 0 Å². The van der Waals surface area contributed by atoms with E-state index < -0.39 is 0 Å². The molecule has 2 N–H and O–H groups in total. The predicted octanol–water partition coefficient (Wildman–Crippen LogP) is 3.55. The molecule has 4 rings (SSSR count). The highest BCUT2D eigenvalue weighted by Gasteiger charge is 2.35. The first-order valence-electron chi connectivity index (χ1n) is 10.6. The van der Waals surface area contributed by atoms with Crippen molar-refractivity contribution in [3.8, 4) is 0 Å². The Morgan fingerprint density at radius 3 is 2.72 bits per heavy atom. The van der Waals surface area contributed by atoms with Gasteiger partial charge in [-0.05, 0) is 63.1 Å². The van der Waals surface area contributed by atoms with Gasteiger partial charge < -0.3 is 10.6 Å². The first-order chi connectivity index (χ1) is 12.4. The van der Waals surface area contributed by atoms with Crippen LogP contribution in [0.15, 0.2) is 30.3 Å². The molecule has 1 aliphatic carbocycles. The van der Waals surface area contributed by atoms with Crippen molar-refractivity contribution in [2.45, 2.75) is 76.0 Å². The second-order valence-electron chi connectivity index (χ2n) is 8.48. The Bertz CT molecular complexity index is 511. The average molecular weight is 342 g/mol. The molecule has 1 saturated carbocycles. The molecule has 25 heavy (non-hydrogen) atoms. The SMILES string of the molecule is c1ccc(CN2CCCC(NC3CCCC3C3CCCCN3)C2)cc1. The molecule has 3 fully saturated rings. The third kappa shape index (κ3) is 4.64. The van der Waals surface area contributed by atoms with Crippen LogP contribution in [0.3, 0.4) is 0 Å². The summed E-state index contributed by atoms with van der Waals surface area (Å²) in [6, 6.07) is 13.2. The van der Waals surface area contributed by atoms with E-state index in [1.807, 2.05) is 0 Å². The molecule has 4 unspecified atom stereocenters. The van der Waals surface area contributed by atoms with E-state index in [0.29, 0.717) is 6.04 Å². The molecule has 1 aromatic rings. The minimum atomic E-state index is 0.687. The van der Waals surface area contributed by atoms with Gasteiger partial charge in [0, 0.05) is 31.2 Å². The molecule has 1 aromatic carbocycles. The van der Waals surface area contributed by atoms with Gasteiger partial charge in [0.2, 0.25) is 0 Å². The maximum absolute atomic E-state index is 4.10. The number of rotatable bonds is 5. The second-order valence-corrected chi connectivity index (χ2v) is 8.48. The molecular formula is C22H35N3. The Labute approximate surface area is 153 Å². The summed E-state index contributed by atoms with van der Waals surface area (Å²) >= 11 is 0. The van der Waals surface area contributed by atoms with Crippen LogP contribution >= 0.6 is 0 Å². The van der Waals surface area contributed by atoms with E-state index in [2.05, 4.69) is 45.9 Å². The molecule has 0 aromatic heterocycles. The lowest BCUT2D eigenvalue weighted by atomic mass is 9.87. The van der Waals surface area contributed by atoms with E-state index >= 15 is 0 Å². The van der Waals surface area contributed by atoms with Crippen molar-refractivity contribution in [3.63, 3.8) is 0 Å². The summed E-state index contributed by atoms with van der Waals surface area (Å²) in [7, 11) is 0. The number of hydrogen-bond acceptors (Lipinski definition) is 3. The molecule has 3 heteroatoms. The average Bonchev–Trinajstić information content (AvgIpc) is 3.12. The lowest BCUT2D eigenvalue weighted by Gasteiger charge is -2.38. The number of nitrogens with zero attached hydrogens (tertiary/aromatic N) is 1. The molecule has 0 spiro atoms. The summed E-state index contributed by atoms with van der Waals surface area (Å²) in [5, 5.41) is 7.92. The summed E-state index contributed by atoms with van der Waals surface area (Å²) in [6.07, 6.45) is 11.1. The van der Waals surface area contributed by atoms with E-state index in [9.17, 15) is 0 Å². The molecule has 0 bridgehead atoms. The van der Waals surface area contributed by atoms with Gasteiger partial charge in [-0.1, -0.05) is 43.2 Å². The Morgan fingerprint density at radius 1 is 0.960 bits per heavy atom. The Morgan fingerprint density at radius 2 is 1.88 bits per heavy atom. The first-order valence-corrected chi connectivity index (χ1v) is 10.6. The topological polar surface area (TPSA) is 27.3 Å². The molecule has 3 aliphatic rings. The number of likely N-dealkylation sites (tertiary alicyclic amines) is 1. The highest BCUT2D eigenvalue weighted by molar-refractivity contribution is 5.14. The summed E-state index contributed by atoms with van der Waals surface area (Å²) in [6.45, 7) is 4.82. The van der Waals surface area contributed by atoms with Gasteiger partial charge in [-0.3, -0.25) is 4.90 Å². The van der Waals surface area contributed by atoms with Crippen LogP contribution < -0.4 is 10.6 Å². The van der Waals surface area contributed by atoms with Gasteiger partial charge in [0.1, 0.15) is 0 Å². The van der Waals surface area contributed by atoms with E-state index in [4.69, 9.17) is 0 Å². The van der Waals surface area contributed by atoms with E-state index in [-0.39, 0.29) is 0 Å². The van der Waals surface area contributed by atoms with Gasteiger partial charge in [-0.25, -0.2) is 0 Å². The minimum Gasteiger partial charge on any atom is -0.314 e. The summed E-state index contributed by atoms with van der Waals surface area (Å²) in [5.74, 6) is 0.866. The largest absolute Gasteiger partial charge is 0.314 e. The zero-order valence-electron chi connectivity index (χ0n) is 15.6. The minimum absolute atomic E-state index is 0.687. The highest BCUT2D eigenvalue weighted by Crippen LogP contribution is 2.32. The molecule has 2 heterocycles. The van der Waals surface area contributed by atoms with Crippen LogP contribution in [-0.4, -0.2) is 42.7 Å². The van der Waals surface area contributed by atoms with Crippen molar-refractivity contribution in [1.82, 2.24) is 15.5 Å². The molecule has 4 atom stereocenters. The monoisotopic (exact) mass is 341 g/mol. The smallest absolute Gasteiger partial charge is 0.0234 e. The Balaban J connectivity index is 1.30. The van der Waals surface area contributed by atoms with Crippen molar-refractivity contribution in [1.29, 1.82) is 0 Å². The Hall–Kier alpha value is -0.900. The van der Waals surface area contributed by atoms with Crippen LogP contribution in [0.4, 0.5) is 0 Å². The van der Waals surface area contributed by atoms with E-state index in [1.54, 1.807) is 0 Å². The third-order valence-corrected chi connectivity index (χ3v) is 6.64. The fourth-order valence-electron chi connectivity index (χ4n) is 5.40. The summed E-state index contributed by atoms with van der Waals surface area (Å²) < 4.78 is 0. The fraction of sp³-hybridized carbons (Fsp3) is 0.727. The maximum atomic E-state index is 4.10.